The quantitative estimate of drug-likeness (QED) is 0.805. The molecule has 2 aromatic carbocycles. The zero-order chi connectivity index (χ0) is 15.9. The molecule has 0 aliphatic carbocycles. The SMILES string of the molecule is CCOC(=O)CC(O)C(O)c1cccc(-c2ccccc2)c1. The Morgan fingerprint density at radius 2 is 1.73 bits per heavy atom. The first-order valence-electron chi connectivity index (χ1n) is 7.29. The Kier molecular flexibility index (Phi) is 5.69. The molecule has 2 N–H and O–H groups in total. The Balaban J connectivity index is 2.13. The van der Waals surface area contributed by atoms with Crippen molar-refractivity contribution in [2.45, 2.75) is 25.6 Å². The van der Waals surface area contributed by atoms with Crippen LogP contribution in [0.1, 0.15) is 25.0 Å². The molecule has 4 nitrogen and oxygen atoms in total. The number of carbonyl (C=O) groups excluding carboxylic acids is 1. The van der Waals surface area contributed by atoms with Crippen LogP contribution >= 0.6 is 0 Å². The van der Waals surface area contributed by atoms with E-state index in [1.54, 1.807) is 13.0 Å². The molecule has 0 saturated heterocycles. The van der Waals surface area contributed by atoms with Crippen molar-refractivity contribution in [1.82, 2.24) is 0 Å². The molecule has 4 heteroatoms. The number of rotatable bonds is 6. The van der Waals surface area contributed by atoms with E-state index in [-0.39, 0.29) is 13.0 Å². The van der Waals surface area contributed by atoms with E-state index >= 15 is 0 Å². The van der Waals surface area contributed by atoms with Gasteiger partial charge in [0.15, 0.2) is 0 Å². The average molecular weight is 300 g/mol. The van der Waals surface area contributed by atoms with Crippen LogP contribution in [0, 0.1) is 0 Å². The molecule has 0 saturated carbocycles. The van der Waals surface area contributed by atoms with Crippen LogP contribution in [0.25, 0.3) is 11.1 Å². The fourth-order valence-electron chi connectivity index (χ4n) is 2.26. The first kappa shape index (κ1) is 16.2. The third kappa shape index (κ3) is 4.16. The zero-order valence-electron chi connectivity index (χ0n) is 12.5. The summed E-state index contributed by atoms with van der Waals surface area (Å²) in [5, 5.41) is 20.2. The fourth-order valence-corrected chi connectivity index (χ4v) is 2.26. The number of ether oxygens (including phenoxy) is 1. The van der Waals surface area contributed by atoms with Gasteiger partial charge in [-0.3, -0.25) is 4.79 Å². The number of carbonyl (C=O) groups is 1. The lowest BCUT2D eigenvalue weighted by molar-refractivity contribution is -0.147. The maximum atomic E-state index is 11.4. The highest BCUT2D eigenvalue weighted by atomic mass is 16.5. The molecule has 0 heterocycles. The Morgan fingerprint density at radius 1 is 1.05 bits per heavy atom. The Labute approximate surface area is 130 Å². The molecular weight excluding hydrogens is 280 g/mol. The number of benzene rings is 2. The third-order valence-electron chi connectivity index (χ3n) is 3.38. The van der Waals surface area contributed by atoms with Crippen molar-refractivity contribution < 1.29 is 19.7 Å². The lowest BCUT2D eigenvalue weighted by Crippen LogP contribution is -2.23. The van der Waals surface area contributed by atoms with Gasteiger partial charge in [-0.1, -0.05) is 48.5 Å². The van der Waals surface area contributed by atoms with E-state index < -0.39 is 18.2 Å². The smallest absolute Gasteiger partial charge is 0.308 e. The van der Waals surface area contributed by atoms with Crippen molar-refractivity contribution in [3.05, 3.63) is 60.2 Å². The molecule has 0 aliphatic heterocycles. The first-order chi connectivity index (χ1) is 10.6. The Bertz CT molecular complexity index is 609. The highest BCUT2D eigenvalue weighted by Gasteiger charge is 2.22. The number of esters is 1. The summed E-state index contributed by atoms with van der Waals surface area (Å²) in [7, 11) is 0. The van der Waals surface area contributed by atoms with Crippen molar-refractivity contribution in [3.63, 3.8) is 0 Å². The second kappa shape index (κ2) is 7.73. The van der Waals surface area contributed by atoms with Gasteiger partial charge in [-0.15, -0.1) is 0 Å². The molecule has 2 aromatic rings. The van der Waals surface area contributed by atoms with Gasteiger partial charge >= 0.3 is 5.97 Å². The Hall–Kier alpha value is -2.17. The van der Waals surface area contributed by atoms with Crippen LogP contribution in [0.3, 0.4) is 0 Å². The van der Waals surface area contributed by atoms with Crippen molar-refractivity contribution in [2.24, 2.45) is 0 Å². The van der Waals surface area contributed by atoms with Crippen molar-refractivity contribution >= 4 is 5.97 Å². The van der Waals surface area contributed by atoms with Gasteiger partial charge in [-0.2, -0.15) is 0 Å². The van der Waals surface area contributed by atoms with Gasteiger partial charge < -0.3 is 14.9 Å². The topological polar surface area (TPSA) is 66.8 Å². The predicted octanol–water partition coefficient (Wildman–Crippen LogP) is 2.70. The van der Waals surface area contributed by atoms with Crippen LogP contribution in [0.4, 0.5) is 0 Å². The molecule has 0 aromatic heterocycles. The molecule has 116 valence electrons. The molecule has 0 bridgehead atoms. The monoisotopic (exact) mass is 300 g/mol. The molecule has 0 amide bonds. The maximum Gasteiger partial charge on any atom is 0.308 e. The molecule has 2 rings (SSSR count). The first-order valence-corrected chi connectivity index (χ1v) is 7.29. The molecule has 2 unspecified atom stereocenters. The number of hydrogen-bond acceptors (Lipinski definition) is 4. The summed E-state index contributed by atoms with van der Waals surface area (Å²) in [4.78, 5) is 11.4. The highest BCUT2D eigenvalue weighted by molar-refractivity contribution is 5.70. The predicted molar refractivity (Wildman–Crippen MR) is 84.1 cm³/mol. The Morgan fingerprint density at radius 3 is 2.41 bits per heavy atom. The van der Waals surface area contributed by atoms with Crippen molar-refractivity contribution in [3.8, 4) is 11.1 Å². The second-order valence-electron chi connectivity index (χ2n) is 5.01. The van der Waals surface area contributed by atoms with Gasteiger partial charge in [0.2, 0.25) is 0 Å². The van der Waals surface area contributed by atoms with E-state index in [1.807, 2.05) is 48.5 Å². The highest BCUT2D eigenvalue weighted by Crippen LogP contribution is 2.25. The summed E-state index contributed by atoms with van der Waals surface area (Å²) in [5.74, 6) is -0.520. The summed E-state index contributed by atoms with van der Waals surface area (Å²) in [5.41, 5.74) is 2.54. The molecule has 0 spiro atoms. The maximum absolute atomic E-state index is 11.4. The summed E-state index contributed by atoms with van der Waals surface area (Å²) < 4.78 is 4.78. The number of aliphatic hydroxyl groups excluding tert-OH is 2. The fraction of sp³-hybridized carbons (Fsp3) is 0.278. The van der Waals surface area contributed by atoms with Crippen LogP contribution in [0.15, 0.2) is 54.6 Å². The minimum Gasteiger partial charge on any atom is -0.466 e. The molecule has 0 fully saturated rings. The third-order valence-corrected chi connectivity index (χ3v) is 3.38. The molecule has 0 radical (unpaired) electrons. The number of hydrogen-bond donors (Lipinski definition) is 2. The van der Waals surface area contributed by atoms with Gasteiger partial charge in [0.1, 0.15) is 6.10 Å². The number of aliphatic hydroxyl groups is 2. The summed E-state index contributed by atoms with van der Waals surface area (Å²) in [6.07, 6.45) is -2.55. The standard InChI is InChI=1S/C18H20O4/c1-2-22-17(20)12-16(19)18(21)15-10-6-9-14(11-15)13-7-4-3-5-8-13/h3-11,16,18-19,21H,2,12H2,1H3. The minimum absolute atomic E-state index is 0.232. The summed E-state index contributed by atoms with van der Waals surface area (Å²) in [6.45, 7) is 1.95. The zero-order valence-corrected chi connectivity index (χ0v) is 12.5. The molecule has 22 heavy (non-hydrogen) atoms. The van der Waals surface area contributed by atoms with Crippen LogP contribution in [0.5, 0.6) is 0 Å². The minimum atomic E-state index is -1.19. The second-order valence-corrected chi connectivity index (χ2v) is 5.01. The van der Waals surface area contributed by atoms with E-state index in [4.69, 9.17) is 4.74 Å². The van der Waals surface area contributed by atoms with E-state index in [9.17, 15) is 15.0 Å². The van der Waals surface area contributed by atoms with E-state index in [2.05, 4.69) is 0 Å². The molecular formula is C18H20O4. The van der Waals surface area contributed by atoms with E-state index in [1.165, 1.54) is 0 Å². The van der Waals surface area contributed by atoms with Crippen molar-refractivity contribution in [1.29, 1.82) is 0 Å². The van der Waals surface area contributed by atoms with Crippen LogP contribution in [-0.2, 0) is 9.53 Å². The average Bonchev–Trinajstić information content (AvgIpc) is 2.55. The normalized spacial score (nSPS) is 13.4. The molecule has 0 aliphatic rings. The summed E-state index contributed by atoms with van der Waals surface area (Å²) in [6, 6.07) is 17.1. The van der Waals surface area contributed by atoms with E-state index in [0.29, 0.717) is 5.56 Å². The lowest BCUT2D eigenvalue weighted by Gasteiger charge is -2.18. The van der Waals surface area contributed by atoms with Gasteiger partial charge in [0.05, 0.1) is 19.1 Å². The lowest BCUT2D eigenvalue weighted by atomic mass is 9.97. The van der Waals surface area contributed by atoms with Crippen molar-refractivity contribution in [2.75, 3.05) is 6.61 Å². The van der Waals surface area contributed by atoms with Gasteiger partial charge in [-0.25, -0.2) is 0 Å². The van der Waals surface area contributed by atoms with Crippen LogP contribution in [0.2, 0.25) is 0 Å². The molecule has 2 atom stereocenters. The van der Waals surface area contributed by atoms with Gasteiger partial charge in [0, 0.05) is 0 Å². The van der Waals surface area contributed by atoms with Crippen LogP contribution < -0.4 is 0 Å². The van der Waals surface area contributed by atoms with E-state index in [0.717, 1.165) is 11.1 Å². The van der Waals surface area contributed by atoms with Crippen LogP contribution in [-0.4, -0.2) is 28.9 Å². The largest absolute Gasteiger partial charge is 0.466 e. The van der Waals surface area contributed by atoms with Gasteiger partial charge in [0.25, 0.3) is 0 Å². The summed E-state index contributed by atoms with van der Waals surface area (Å²) >= 11 is 0. The van der Waals surface area contributed by atoms with Gasteiger partial charge in [-0.05, 0) is 29.7 Å².